The fourth-order valence-electron chi connectivity index (χ4n) is 2.82. The largest absolute Gasteiger partial charge is 0.298 e. The highest BCUT2D eigenvalue weighted by molar-refractivity contribution is 7.99. The molecule has 0 spiro atoms. The molecule has 1 fully saturated rings. The number of carbonyl (C=O) groups is 1. The van der Waals surface area contributed by atoms with Crippen molar-refractivity contribution in [2.24, 2.45) is 5.92 Å². The summed E-state index contributed by atoms with van der Waals surface area (Å²) < 4.78 is 11.6. The van der Waals surface area contributed by atoms with Gasteiger partial charge in [-0.25, -0.2) is 4.98 Å². The lowest BCUT2D eigenvalue weighted by Crippen LogP contribution is -2.16. The minimum Gasteiger partial charge on any atom is -0.298 e. The lowest BCUT2D eigenvalue weighted by atomic mass is 9.95. The number of hydrogen-bond acceptors (Lipinski definition) is 5. The molecule has 1 amide bonds. The van der Waals surface area contributed by atoms with Crippen LogP contribution in [0.4, 0.5) is 5.13 Å². The van der Waals surface area contributed by atoms with Crippen LogP contribution in [0.25, 0.3) is 5.57 Å². The van der Waals surface area contributed by atoms with E-state index in [1.165, 1.54) is 11.3 Å². The monoisotopic (exact) mass is 406 g/mol. The smallest absolute Gasteiger partial charge is 0.257 e. The molecular weight excluding hydrogens is 384 g/mol. The van der Waals surface area contributed by atoms with Crippen molar-refractivity contribution in [2.75, 3.05) is 23.1 Å². The SMILES string of the molecule is Cc1cnc(NC(=O)/C(=C/C2CCSCC2)c2ccc(S(C)=O)cc2)s1. The minimum atomic E-state index is -1.03. The van der Waals surface area contributed by atoms with Crippen LogP contribution in [0.1, 0.15) is 23.3 Å². The van der Waals surface area contributed by atoms with Crippen LogP contribution >= 0.6 is 23.1 Å². The van der Waals surface area contributed by atoms with Crippen molar-refractivity contribution < 1.29 is 9.00 Å². The molecule has 0 radical (unpaired) electrons. The lowest BCUT2D eigenvalue weighted by molar-refractivity contribution is -0.111. The van der Waals surface area contributed by atoms with Crippen molar-refractivity contribution in [2.45, 2.75) is 24.7 Å². The van der Waals surface area contributed by atoms with Crippen LogP contribution in [0.2, 0.25) is 0 Å². The van der Waals surface area contributed by atoms with Crippen LogP contribution in [-0.2, 0) is 15.6 Å². The molecule has 0 saturated carbocycles. The Hall–Kier alpha value is -1.44. The predicted molar refractivity (Wildman–Crippen MR) is 112 cm³/mol. The molecule has 0 aliphatic carbocycles. The highest BCUT2D eigenvalue weighted by atomic mass is 32.2. The van der Waals surface area contributed by atoms with Crippen molar-refractivity contribution in [1.29, 1.82) is 0 Å². The molecule has 2 heterocycles. The summed E-state index contributed by atoms with van der Waals surface area (Å²) in [6.45, 7) is 1.97. The quantitative estimate of drug-likeness (QED) is 0.750. The first-order valence-corrected chi connectivity index (χ1v) is 12.0. The number of anilines is 1. The Bertz CT molecular complexity index is 822. The molecule has 26 heavy (non-hydrogen) atoms. The Morgan fingerprint density at radius 1 is 1.27 bits per heavy atom. The molecule has 1 aliphatic heterocycles. The maximum Gasteiger partial charge on any atom is 0.257 e. The van der Waals surface area contributed by atoms with Crippen molar-refractivity contribution in [3.8, 4) is 0 Å². The van der Waals surface area contributed by atoms with Crippen LogP contribution in [-0.4, -0.2) is 32.9 Å². The molecule has 0 bridgehead atoms. The van der Waals surface area contributed by atoms with E-state index in [4.69, 9.17) is 0 Å². The fraction of sp³-hybridized carbons (Fsp3) is 0.368. The number of nitrogens with zero attached hydrogens (tertiary/aromatic N) is 1. The average Bonchev–Trinajstić information content (AvgIpc) is 3.05. The van der Waals surface area contributed by atoms with Gasteiger partial charge >= 0.3 is 0 Å². The van der Waals surface area contributed by atoms with Crippen molar-refractivity contribution in [3.63, 3.8) is 0 Å². The van der Waals surface area contributed by atoms with Crippen LogP contribution in [0.15, 0.2) is 41.4 Å². The molecule has 1 aliphatic rings. The standard InChI is InChI=1S/C19H22N2O2S3/c1-13-12-20-19(25-13)21-18(22)17(11-14-7-9-24-10-8-14)15-3-5-16(6-4-15)26(2)23/h3-6,11-12,14H,7-10H2,1-2H3,(H,20,21,22)/b17-11+. The number of nitrogens with one attached hydrogen (secondary N) is 1. The van der Waals surface area contributed by atoms with E-state index in [0.717, 1.165) is 39.7 Å². The Balaban J connectivity index is 1.88. The Morgan fingerprint density at radius 2 is 1.96 bits per heavy atom. The van der Waals surface area contributed by atoms with E-state index < -0.39 is 10.8 Å². The number of amides is 1. The molecule has 1 unspecified atom stereocenters. The molecular formula is C19H22N2O2S3. The van der Waals surface area contributed by atoms with Gasteiger partial charge in [0.15, 0.2) is 5.13 Å². The summed E-state index contributed by atoms with van der Waals surface area (Å²) >= 11 is 3.44. The third kappa shape index (κ3) is 5.05. The number of allylic oxidation sites excluding steroid dienone is 1. The predicted octanol–water partition coefficient (Wildman–Crippen LogP) is 4.35. The third-order valence-electron chi connectivity index (χ3n) is 4.25. The van der Waals surface area contributed by atoms with E-state index in [1.807, 2.05) is 43.0 Å². The van der Waals surface area contributed by atoms with Crippen molar-refractivity contribution in [3.05, 3.63) is 47.0 Å². The summed E-state index contributed by atoms with van der Waals surface area (Å²) in [6.07, 6.45) is 7.70. The maximum atomic E-state index is 12.9. The third-order valence-corrected chi connectivity index (χ3v) is 7.06. The van der Waals surface area contributed by atoms with Gasteiger partial charge in [-0.3, -0.25) is 14.3 Å². The first-order chi connectivity index (χ1) is 12.5. The second-order valence-corrected chi connectivity index (χ2v) is 10.1. The van der Waals surface area contributed by atoms with Crippen LogP contribution in [0, 0.1) is 12.8 Å². The second kappa shape index (κ2) is 8.97. The summed E-state index contributed by atoms with van der Waals surface area (Å²) in [5.41, 5.74) is 1.52. The zero-order chi connectivity index (χ0) is 18.5. The molecule has 1 aromatic heterocycles. The molecule has 7 heteroatoms. The second-order valence-electron chi connectivity index (χ2n) is 6.24. The van der Waals surface area contributed by atoms with Gasteiger partial charge in [0.2, 0.25) is 0 Å². The van der Waals surface area contributed by atoms with E-state index >= 15 is 0 Å². The first-order valence-electron chi connectivity index (χ1n) is 8.50. The van der Waals surface area contributed by atoms with Gasteiger partial charge in [-0.05, 0) is 54.9 Å². The summed E-state index contributed by atoms with van der Waals surface area (Å²) in [5, 5.41) is 3.54. The number of aryl methyl sites for hydroxylation is 1. The van der Waals surface area contributed by atoms with E-state index in [1.54, 1.807) is 12.5 Å². The van der Waals surface area contributed by atoms with Gasteiger partial charge < -0.3 is 0 Å². The zero-order valence-corrected chi connectivity index (χ0v) is 17.3. The van der Waals surface area contributed by atoms with Gasteiger partial charge in [-0.15, -0.1) is 11.3 Å². The minimum absolute atomic E-state index is 0.136. The highest BCUT2D eigenvalue weighted by Crippen LogP contribution is 2.28. The summed E-state index contributed by atoms with van der Waals surface area (Å²) in [4.78, 5) is 19.0. The average molecular weight is 407 g/mol. The maximum absolute atomic E-state index is 12.9. The number of benzene rings is 1. The van der Waals surface area contributed by atoms with Gasteiger partial charge in [0.05, 0.1) is 0 Å². The van der Waals surface area contributed by atoms with Crippen molar-refractivity contribution >= 4 is 50.5 Å². The van der Waals surface area contributed by atoms with Crippen LogP contribution < -0.4 is 5.32 Å². The normalized spacial score (nSPS) is 17.1. The number of thioether (sulfide) groups is 1. The number of rotatable bonds is 5. The zero-order valence-electron chi connectivity index (χ0n) is 14.9. The van der Waals surface area contributed by atoms with E-state index in [9.17, 15) is 9.00 Å². The highest BCUT2D eigenvalue weighted by Gasteiger charge is 2.18. The number of aromatic nitrogens is 1. The molecule has 3 rings (SSSR count). The van der Waals surface area contributed by atoms with Gasteiger partial charge in [0, 0.05) is 38.6 Å². The molecule has 1 N–H and O–H groups in total. The molecule has 2 aromatic rings. The molecule has 1 atom stereocenters. The summed E-state index contributed by atoms with van der Waals surface area (Å²) in [7, 11) is -1.03. The fourth-order valence-corrected chi connectivity index (χ4v) is 5.15. The Morgan fingerprint density at radius 3 is 2.54 bits per heavy atom. The van der Waals surface area contributed by atoms with Gasteiger partial charge in [-0.1, -0.05) is 18.2 Å². The number of thiazole rings is 1. The van der Waals surface area contributed by atoms with Crippen LogP contribution in [0.5, 0.6) is 0 Å². The number of hydrogen-bond donors (Lipinski definition) is 1. The molecule has 138 valence electrons. The molecule has 4 nitrogen and oxygen atoms in total. The van der Waals surface area contributed by atoms with E-state index in [-0.39, 0.29) is 5.91 Å². The summed E-state index contributed by atoms with van der Waals surface area (Å²) in [6, 6.07) is 7.42. The van der Waals surface area contributed by atoms with Gasteiger partial charge in [-0.2, -0.15) is 11.8 Å². The summed E-state index contributed by atoms with van der Waals surface area (Å²) in [5.74, 6) is 2.54. The van der Waals surface area contributed by atoms with Gasteiger partial charge in [0.1, 0.15) is 0 Å². The lowest BCUT2D eigenvalue weighted by Gasteiger charge is -2.19. The van der Waals surface area contributed by atoms with Gasteiger partial charge in [0.25, 0.3) is 5.91 Å². The van der Waals surface area contributed by atoms with Crippen molar-refractivity contribution in [1.82, 2.24) is 4.98 Å². The Kier molecular flexibility index (Phi) is 6.67. The van der Waals surface area contributed by atoms with Crippen LogP contribution in [0.3, 0.4) is 0 Å². The van der Waals surface area contributed by atoms with E-state index in [2.05, 4.69) is 16.4 Å². The topological polar surface area (TPSA) is 59.1 Å². The first kappa shape index (κ1) is 19.3. The number of carbonyl (C=O) groups excluding carboxylic acids is 1. The molecule has 1 aromatic carbocycles. The molecule has 1 saturated heterocycles. The Labute approximate surface area is 165 Å². The van der Waals surface area contributed by atoms with E-state index in [0.29, 0.717) is 16.6 Å².